The zero-order valence-corrected chi connectivity index (χ0v) is 28.7. The van der Waals surface area contributed by atoms with Crippen LogP contribution < -0.4 is 11.5 Å². The van der Waals surface area contributed by atoms with Crippen molar-refractivity contribution in [2.45, 2.75) is 76.8 Å². The van der Waals surface area contributed by atoms with Crippen molar-refractivity contribution >= 4 is 23.6 Å². The van der Waals surface area contributed by atoms with E-state index >= 15 is 0 Å². The second kappa shape index (κ2) is 17.2. The molecule has 0 aromatic rings. The molecule has 6 N–H and O–H groups in total. The number of carbonyl (C=O) groups is 4. The van der Waals surface area contributed by atoms with E-state index in [1.54, 1.807) is 9.80 Å². The lowest BCUT2D eigenvalue weighted by molar-refractivity contribution is -0.206. The molecule has 14 nitrogen and oxygen atoms in total. The molecule has 0 bridgehead atoms. The Morgan fingerprint density at radius 1 is 0.583 bits per heavy atom. The second-order valence-electron chi connectivity index (χ2n) is 14.0. The Bertz CT molecular complexity index is 1080. The van der Waals surface area contributed by atoms with Crippen LogP contribution in [0.5, 0.6) is 0 Å². The molecule has 2 unspecified atom stereocenters. The topological polar surface area (TPSA) is 192 Å². The number of carbonyl (C=O) groups excluding carboxylic acids is 4. The molecule has 0 aromatic carbocycles. The minimum absolute atomic E-state index is 0.00954. The summed E-state index contributed by atoms with van der Waals surface area (Å²) in [5.41, 5.74) is 11.5. The van der Waals surface area contributed by atoms with E-state index in [9.17, 15) is 29.4 Å². The highest BCUT2D eigenvalue weighted by Gasteiger charge is 2.40. The minimum Gasteiger partial charge on any atom is -0.358 e. The molecule has 2 heterocycles. The fourth-order valence-corrected chi connectivity index (χ4v) is 7.23. The van der Waals surface area contributed by atoms with Gasteiger partial charge in [-0.2, -0.15) is 0 Å². The zero-order chi connectivity index (χ0) is 34.9. The van der Waals surface area contributed by atoms with Gasteiger partial charge in [0.15, 0.2) is 0 Å². The van der Waals surface area contributed by atoms with Gasteiger partial charge in [-0.3, -0.25) is 19.2 Å². The SMILES string of the molecule is CC(O)(OCC#CCOC(C)(O)C(=O)N1CCN(C(=O)C2CCC(CN)CC2)CC1)C(=O)N1CCN(C(=O)C2CCC(CN)CC2)CC1. The molecule has 4 fully saturated rings. The molecule has 4 rings (SSSR count). The Balaban J connectivity index is 1.12. The van der Waals surface area contributed by atoms with Crippen molar-refractivity contribution in [1.29, 1.82) is 0 Å². The first-order chi connectivity index (χ1) is 22.9. The Morgan fingerprint density at radius 3 is 1.17 bits per heavy atom. The normalized spacial score (nSPS) is 27.7. The van der Waals surface area contributed by atoms with Gasteiger partial charge in [-0.05, 0) is 90.1 Å². The van der Waals surface area contributed by atoms with Gasteiger partial charge in [0, 0.05) is 64.2 Å². The number of rotatable bonds is 10. The lowest BCUT2D eigenvalue weighted by atomic mass is 9.81. The predicted molar refractivity (Wildman–Crippen MR) is 176 cm³/mol. The van der Waals surface area contributed by atoms with Gasteiger partial charge >= 0.3 is 0 Å². The van der Waals surface area contributed by atoms with Gasteiger partial charge in [-0.15, -0.1) is 0 Å². The van der Waals surface area contributed by atoms with E-state index in [0.717, 1.165) is 51.4 Å². The maximum atomic E-state index is 13.0. The maximum absolute atomic E-state index is 13.0. The molecule has 2 atom stereocenters. The van der Waals surface area contributed by atoms with E-state index < -0.39 is 23.4 Å². The molecular weight excluding hydrogens is 620 g/mol. The van der Waals surface area contributed by atoms with Gasteiger partial charge in [0.25, 0.3) is 11.8 Å². The van der Waals surface area contributed by atoms with Crippen molar-refractivity contribution in [3.8, 4) is 11.8 Å². The summed E-state index contributed by atoms with van der Waals surface area (Å²) in [5, 5.41) is 21.4. The lowest BCUT2D eigenvalue weighted by Crippen LogP contribution is -2.57. The number of aliphatic hydroxyl groups is 2. The van der Waals surface area contributed by atoms with Crippen LogP contribution in [0.25, 0.3) is 0 Å². The van der Waals surface area contributed by atoms with Crippen molar-refractivity contribution < 1.29 is 38.9 Å². The van der Waals surface area contributed by atoms with Crippen LogP contribution in [0, 0.1) is 35.5 Å². The third kappa shape index (κ3) is 9.89. The van der Waals surface area contributed by atoms with E-state index in [2.05, 4.69) is 11.8 Å². The molecule has 2 aliphatic heterocycles. The number of nitrogens with zero attached hydrogens (tertiary/aromatic N) is 4. The molecule has 0 radical (unpaired) electrons. The average Bonchev–Trinajstić information content (AvgIpc) is 3.12. The Hall–Kier alpha value is -2.80. The van der Waals surface area contributed by atoms with Crippen molar-refractivity contribution in [2.24, 2.45) is 35.1 Å². The zero-order valence-electron chi connectivity index (χ0n) is 28.7. The van der Waals surface area contributed by atoms with Gasteiger partial charge in [-0.25, -0.2) is 0 Å². The molecule has 270 valence electrons. The van der Waals surface area contributed by atoms with Crippen LogP contribution in [0.4, 0.5) is 0 Å². The first kappa shape index (κ1) is 38.0. The molecule has 2 aliphatic carbocycles. The Kier molecular flexibility index (Phi) is 13.6. The summed E-state index contributed by atoms with van der Waals surface area (Å²) < 4.78 is 10.7. The molecule has 4 amide bonds. The Morgan fingerprint density at radius 2 is 0.875 bits per heavy atom. The van der Waals surface area contributed by atoms with Gasteiger partial charge in [0.05, 0.1) is 0 Å². The molecule has 2 saturated heterocycles. The highest BCUT2D eigenvalue weighted by atomic mass is 16.6. The fraction of sp³-hybridized carbons (Fsp3) is 0.824. The first-order valence-corrected chi connectivity index (χ1v) is 17.6. The maximum Gasteiger partial charge on any atom is 0.282 e. The van der Waals surface area contributed by atoms with Gasteiger partial charge in [0.1, 0.15) is 13.2 Å². The number of ether oxygens (including phenoxy) is 2. The van der Waals surface area contributed by atoms with Gasteiger partial charge < -0.3 is 50.8 Å². The largest absolute Gasteiger partial charge is 0.358 e. The first-order valence-electron chi connectivity index (χ1n) is 17.6. The number of hydrogen-bond acceptors (Lipinski definition) is 10. The van der Waals surface area contributed by atoms with Crippen LogP contribution in [0.15, 0.2) is 0 Å². The number of hydrogen-bond donors (Lipinski definition) is 4. The average molecular weight is 677 g/mol. The quantitative estimate of drug-likeness (QED) is 0.170. The molecule has 4 aliphatic rings. The number of amides is 4. The molecule has 2 saturated carbocycles. The molecule has 0 spiro atoms. The van der Waals surface area contributed by atoms with Crippen LogP contribution in [0.2, 0.25) is 0 Å². The highest BCUT2D eigenvalue weighted by Crippen LogP contribution is 2.31. The predicted octanol–water partition coefficient (Wildman–Crippen LogP) is -0.688. The summed E-state index contributed by atoms with van der Waals surface area (Å²) in [6.07, 6.45) is 7.27. The molecular formula is C34H56N6O8. The standard InChI is InChI=1S/C34H56N6O8/c1-33(45,31(43)39-17-13-37(14-18-39)29(41)27-9-5-25(23-35)6-10-27)47-21-3-4-22-48-34(2,46)32(44)40-19-15-38(16-20-40)30(42)28-11-7-26(24-36)8-12-28/h25-28,45-46H,5-24,35-36H2,1-2H3. The summed E-state index contributed by atoms with van der Waals surface area (Å²) >= 11 is 0. The number of piperazine rings is 2. The van der Waals surface area contributed by atoms with Crippen LogP contribution in [-0.4, -0.2) is 144 Å². The molecule has 0 aromatic heterocycles. The lowest BCUT2D eigenvalue weighted by Gasteiger charge is -2.39. The monoisotopic (exact) mass is 676 g/mol. The summed E-state index contributed by atoms with van der Waals surface area (Å²) in [6, 6.07) is 0. The summed E-state index contributed by atoms with van der Waals surface area (Å²) in [7, 11) is 0. The van der Waals surface area contributed by atoms with E-state index in [4.69, 9.17) is 20.9 Å². The number of nitrogens with two attached hydrogens (primary N) is 2. The van der Waals surface area contributed by atoms with E-state index in [1.807, 2.05) is 0 Å². The van der Waals surface area contributed by atoms with Crippen molar-refractivity contribution in [2.75, 3.05) is 78.7 Å². The van der Waals surface area contributed by atoms with Gasteiger partial charge in [0.2, 0.25) is 23.4 Å². The van der Waals surface area contributed by atoms with Crippen molar-refractivity contribution in [1.82, 2.24) is 19.6 Å². The van der Waals surface area contributed by atoms with E-state index in [-0.39, 0.29) is 36.9 Å². The molecule has 14 heteroatoms. The van der Waals surface area contributed by atoms with Crippen LogP contribution in [-0.2, 0) is 28.7 Å². The van der Waals surface area contributed by atoms with Crippen molar-refractivity contribution in [3.63, 3.8) is 0 Å². The fourth-order valence-electron chi connectivity index (χ4n) is 7.23. The third-order valence-corrected chi connectivity index (χ3v) is 10.6. The highest BCUT2D eigenvalue weighted by molar-refractivity contribution is 5.84. The van der Waals surface area contributed by atoms with Crippen molar-refractivity contribution in [3.05, 3.63) is 0 Å². The Labute approximate surface area is 284 Å². The van der Waals surface area contributed by atoms with Crippen LogP contribution in [0.3, 0.4) is 0 Å². The van der Waals surface area contributed by atoms with Crippen LogP contribution in [0.1, 0.15) is 65.2 Å². The smallest absolute Gasteiger partial charge is 0.282 e. The minimum atomic E-state index is -2.11. The summed E-state index contributed by atoms with van der Waals surface area (Å²) in [4.78, 5) is 58.4. The molecule has 48 heavy (non-hydrogen) atoms. The third-order valence-electron chi connectivity index (χ3n) is 10.6. The van der Waals surface area contributed by atoms with Gasteiger partial charge in [-0.1, -0.05) is 11.8 Å². The van der Waals surface area contributed by atoms with Crippen LogP contribution >= 0.6 is 0 Å². The van der Waals surface area contributed by atoms with E-state index in [0.29, 0.717) is 77.3 Å². The summed E-state index contributed by atoms with van der Waals surface area (Å²) in [6.45, 7) is 6.05. The summed E-state index contributed by atoms with van der Waals surface area (Å²) in [5.74, 6) is 1.10. The second-order valence-corrected chi connectivity index (χ2v) is 14.0. The van der Waals surface area contributed by atoms with E-state index in [1.165, 1.54) is 23.6 Å².